The SMILES string of the molecule is Cc1cc(NC(=O)NC[C@H](c2ccco2)N(C)C)ccc1-n1cnnn1. The van der Waals surface area contributed by atoms with Crippen molar-refractivity contribution in [3.8, 4) is 5.69 Å². The van der Waals surface area contributed by atoms with Crippen molar-refractivity contribution in [2.24, 2.45) is 0 Å². The Kier molecular flexibility index (Phi) is 5.28. The van der Waals surface area contributed by atoms with E-state index in [9.17, 15) is 4.79 Å². The predicted octanol–water partition coefficient (Wildman–Crippen LogP) is 1.99. The van der Waals surface area contributed by atoms with Gasteiger partial charge < -0.3 is 15.1 Å². The number of nitrogens with one attached hydrogen (secondary N) is 2. The number of carbonyl (C=O) groups is 1. The number of tetrazole rings is 1. The number of hydrogen-bond donors (Lipinski definition) is 2. The summed E-state index contributed by atoms with van der Waals surface area (Å²) in [6.45, 7) is 2.35. The molecule has 1 atom stereocenters. The van der Waals surface area contributed by atoms with Gasteiger partial charge in [0.15, 0.2) is 0 Å². The highest BCUT2D eigenvalue weighted by molar-refractivity contribution is 5.89. The molecule has 0 unspecified atom stereocenters. The molecule has 2 amide bonds. The summed E-state index contributed by atoms with van der Waals surface area (Å²) < 4.78 is 7.01. The molecule has 2 N–H and O–H groups in total. The van der Waals surface area contributed by atoms with Gasteiger partial charge in [-0.25, -0.2) is 9.48 Å². The van der Waals surface area contributed by atoms with E-state index in [1.807, 2.05) is 50.2 Å². The second-order valence-corrected chi connectivity index (χ2v) is 6.09. The topological polar surface area (TPSA) is 101 Å². The molecule has 0 bridgehead atoms. The number of anilines is 1. The first kappa shape index (κ1) is 17.6. The highest BCUT2D eigenvalue weighted by atomic mass is 16.3. The lowest BCUT2D eigenvalue weighted by Crippen LogP contribution is -2.36. The van der Waals surface area contributed by atoms with Crippen LogP contribution in [0.5, 0.6) is 0 Å². The maximum absolute atomic E-state index is 12.2. The number of aromatic nitrogens is 4. The molecule has 0 spiro atoms. The highest BCUT2D eigenvalue weighted by Crippen LogP contribution is 2.19. The number of furan rings is 1. The Bertz CT molecular complexity index is 844. The first-order valence-corrected chi connectivity index (χ1v) is 8.13. The van der Waals surface area contributed by atoms with Crippen molar-refractivity contribution in [1.29, 1.82) is 0 Å². The van der Waals surface area contributed by atoms with Crippen LogP contribution in [0.15, 0.2) is 47.3 Å². The van der Waals surface area contributed by atoms with Crippen LogP contribution in [0.25, 0.3) is 5.69 Å². The monoisotopic (exact) mass is 355 g/mol. The second kappa shape index (κ2) is 7.79. The summed E-state index contributed by atoms with van der Waals surface area (Å²) in [4.78, 5) is 14.2. The number of rotatable bonds is 6. The lowest BCUT2D eigenvalue weighted by molar-refractivity contribution is 0.233. The third-order valence-corrected chi connectivity index (χ3v) is 4.00. The molecular formula is C17H21N7O2. The van der Waals surface area contributed by atoms with Crippen molar-refractivity contribution in [1.82, 2.24) is 30.4 Å². The summed E-state index contributed by atoms with van der Waals surface area (Å²) in [7, 11) is 3.88. The van der Waals surface area contributed by atoms with Gasteiger partial charge in [0.25, 0.3) is 0 Å². The number of urea groups is 1. The second-order valence-electron chi connectivity index (χ2n) is 6.09. The minimum atomic E-state index is -0.280. The molecule has 0 aliphatic carbocycles. The average molecular weight is 355 g/mol. The van der Waals surface area contributed by atoms with Gasteiger partial charge in [0.2, 0.25) is 0 Å². The van der Waals surface area contributed by atoms with Gasteiger partial charge >= 0.3 is 6.03 Å². The van der Waals surface area contributed by atoms with Gasteiger partial charge in [-0.05, 0) is 67.3 Å². The molecule has 26 heavy (non-hydrogen) atoms. The molecule has 3 aromatic rings. The first-order chi connectivity index (χ1) is 12.5. The van der Waals surface area contributed by atoms with Gasteiger partial charge in [-0.1, -0.05) is 0 Å². The van der Waals surface area contributed by atoms with Crippen LogP contribution in [-0.4, -0.2) is 51.8 Å². The van der Waals surface area contributed by atoms with Crippen molar-refractivity contribution in [2.45, 2.75) is 13.0 Å². The van der Waals surface area contributed by atoms with Crippen LogP contribution in [0.2, 0.25) is 0 Å². The van der Waals surface area contributed by atoms with E-state index < -0.39 is 0 Å². The zero-order valence-electron chi connectivity index (χ0n) is 14.9. The van der Waals surface area contributed by atoms with E-state index in [4.69, 9.17) is 4.42 Å². The molecule has 0 saturated heterocycles. The molecule has 2 heterocycles. The average Bonchev–Trinajstić information content (AvgIpc) is 3.28. The van der Waals surface area contributed by atoms with Crippen LogP contribution < -0.4 is 10.6 Å². The van der Waals surface area contributed by atoms with Gasteiger partial charge in [0, 0.05) is 12.2 Å². The van der Waals surface area contributed by atoms with E-state index in [2.05, 4.69) is 26.2 Å². The van der Waals surface area contributed by atoms with Crippen molar-refractivity contribution >= 4 is 11.7 Å². The van der Waals surface area contributed by atoms with Crippen molar-refractivity contribution in [3.63, 3.8) is 0 Å². The number of likely N-dealkylation sites (N-methyl/N-ethyl adjacent to an activating group) is 1. The summed E-state index contributed by atoms with van der Waals surface area (Å²) in [5, 5.41) is 16.8. The lowest BCUT2D eigenvalue weighted by Gasteiger charge is -2.22. The van der Waals surface area contributed by atoms with E-state index in [0.717, 1.165) is 17.0 Å². The lowest BCUT2D eigenvalue weighted by atomic mass is 10.2. The van der Waals surface area contributed by atoms with Gasteiger partial charge in [-0.2, -0.15) is 0 Å². The van der Waals surface area contributed by atoms with Gasteiger partial charge in [0.1, 0.15) is 12.1 Å². The van der Waals surface area contributed by atoms with Crippen LogP contribution in [0.1, 0.15) is 17.4 Å². The Balaban J connectivity index is 1.60. The Morgan fingerprint density at radius 2 is 2.19 bits per heavy atom. The Morgan fingerprint density at radius 1 is 1.35 bits per heavy atom. The third-order valence-electron chi connectivity index (χ3n) is 4.00. The summed E-state index contributed by atoms with van der Waals surface area (Å²) in [6.07, 6.45) is 3.15. The minimum absolute atomic E-state index is 0.0420. The zero-order valence-corrected chi connectivity index (χ0v) is 14.9. The molecule has 2 aromatic heterocycles. The Hall–Kier alpha value is -3.20. The standard InChI is InChI=1S/C17H21N7O2/c1-12-9-13(6-7-14(12)24-11-19-21-22-24)20-17(25)18-10-15(23(2)3)16-5-4-8-26-16/h4-9,11,15H,10H2,1-3H3,(H2,18,20,25)/t15-/m1/s1. The zero-order chi connectivity index (χ0) is 18.5. The molecule has 0 aliphatic rings. The highest BCUT2D eigenvalue weighted by Gasteiger charge is 2.17. The van der Waals surface area contributed by atoms with Gasteiger partial charge in [-0.15, -0.1) is 5.10 Å². The van der Waals surface area contributed by atoms with E-state index in [1.165, 1.54) is 6.33 Å². The third kappa shape index (κ3) is 4.06. The first-order valence-electron chi connectivity index (χ1n) is 8.13. The van der Waals surface area contributed by atoms with Crippen LogP contribution >= 0.6 is 0 Å². The van der Waals surface area contributed by atoms with Gasteiger partial charge in [-0.3, -0.25) is 4.90 Å². The largest absolute Gasteiger partial charge is 0.468 e. The molecule has 0 fully saturated rings. The smallest absolute Gasteiger partial charge is 0.319 e. The van der Waals surface area contributed by atoms with E-state index in [1.54, 1.807) is 17.0 Å². The number of nitrogens with zero attached hydrogens (tertiary/aromatic N) is 5. The van der Waals surface area contributed by atoms with Crippen molar-refractivity contribution < 1.29 is 9.21 Å². The number of amides is 2. The fraction of sp³-hybridized carbons (Fsp3) is 0.294. The number of benzene rings is 1. The summed E-state index contributed by atoms with van der Waals surface area (Å²) in [6, 6.07) is 8.93. The van der Waals surface area contributed by atoms with E-state index in [-0.39, 0.29) is 12.1 Å². The minimum Gasteiger partial charge on any atom is -0.468 e. The van der Waals surface area contributed by atoms with E-state index in [0.29, 0.717) is 12.2 Å². The normalized spacial score (nSPS) is 12.2. The molecule has 3 rings (SSSR count). The Labute approximate surface area is 151 Å². The molecule has 1 aromatic carbocycles. The maximum Gasteiger partial charge on any atom is 0.319 e. The molecule has 0 radical (unpaired) electrons. The van der Waals surface area contributed by atoms with Gasteiger partial charge in [0.05, 0.1) is 18.0 Å². The summed E-state index contributed by atoms with van der Waals surface area (Å²) in [5.41, 5.74) is 2.49. The van der Waals surface area contributed by atoms with Crippen LogP contribution in [0.3, 0.4) is 0 Å². The fourth-order valence-corrected chi connectivity index (χ4v) is 2.65. The molecule has 9 nitrogen and oxygen atoms in total. The molecule has 0 aliphatic heterocycles. The quantitative estimate of drug-likeness (QED) is 0.701. The van der Waals surface area contributed by atoms with Crippen LogP contribution in [-0.2, 0) is 0 Å². The predicted molar refractivity (Wildman–Crippen MR) is 96.0 cm³/mol. The maximum atomic E-state index is 12.2. The number of carbonyl (C=O) groups excluding carboxylic acids is 1. The molecule has 9 heteroatoms. The van der Waals surface area contributed by atoms with Crippen LogP contribution in [0.4, 0.5) is 10.5 Å². The summed E-state index contributed by atoms with van der Waals surface area (Å²) >= 11 is 0. The summed E-state index contributed by atoms with van der Waals surface area (Å²) in [5.74, 6) is 0.803. The Morgan fingerprint density at radius 3 is 2.81 bits per heavy atom. The molecule has 136 valence electrons. The molecular weight excluding hydrogens is 334 g/mol. The number of hydrogen-bond acceptors (Lipinski definition) is 6. The number of aryl methyl sites for hydroxylation is 1. The van der Waals surface area contributed by atoms with Crippen molar-refractivity contribution in [2.75, 3.05) is 26.0 Å². The molecule has 0 saturated carbocycles. The van der Waals surface area contributed by atoms with E-state index >= 15 is 0 Å². The van der Waals surface area contributed by atoms with Crippen molar-refractivity contribution in [3.05, 3.63) is 54.2 Å². The fourth-order valence-electron chi connectivity index (χ4n) is 2.65. The van der Waals surface area contributed by atoms with Crippen LogP contribution in [0, 0.1) is 6.92 Å².